The van der Waals surface area contributed by atoms with Gasteiger partial charge in [0.1, 0.15) is 23.0 Å². The van der Waals surface area contributed by atoms with E-state index in [1.807, 2.05) is 34.8 Å². The van der Waals surface area contributed by atoms with E-state index in [0.29, 0.717) is 6.04 Å². The Morgan fingerprint density at radius 2 is 1.76 bits per heavy atom. The maximum Gasteiger partial charge on any atom is 0.160 e. The van der Waals surface area contributed by atoms with Crippen LogP contribution in [0.1, 0.15) is 38.3 Å². The van der Waals surface area contributed by atoms with E-state index in [-0.39, 0.29) is 0 Å². The van der Waals surface area contributed by atoms with E-state index in [0.717, 1.165) is 91.0 Å². The highest BCUT2D eigenvalue weighted by Gasteiger charge is 2.21. The molecule has 0 spiro atoms. The summed E-state index contributed by atoms with van der Waals surface area (Å²) in [7, 11) is 0. The highest BCUT2D eigenvalue weighted by Crippen LogP contribution is 2.29. The van der Waals surface area contributed by atoms with E-state index in [4.69, 9.17) is 24.8 Å². The molecule has 1 N–H and O–H groups in total. The third kappa shape index (κ3) is 3.88. The van der Waals surface area contributed by atoms with Gasteiger partial charge in [0.15, 0.2) is 5.65 Å². The third-order valence-electron chi connectivity index (χ3n) is 6.64. The lowest BCUT2D eigenvalue weighted by atomic mass is 10.1. The van der Waals surface area contributed by atoms with E-state index in [1.165, 1.54) is 12.8 Å². The van der Waals surface area contributed by atoms with Gasteiger partial charge in [0.2, 0.25) is 0 Å². The van der Waals surface area contributed by atoms with Gasteiger partial charge in [-0.2, -0.15) is 9.61 Å². The zero-order valence-corrected chi connectivity index (χ0v) is 19.0. The average Bonchev–Trinajstić information content (AvgIpc) is 3.54. The lowest BCUT2D eigenvalue weighted by Crippen LogP contribution is -2.29. The summed E-state index contributed by atoms with van der Waals surface area (Å²) in [6.07, 6.45) is 5.21. The van der Waals surface area contributed by atoms with Crippen molar-refractivity contribution in [2.45, 2.75) is 45.1 Å². The number of aromatic nitrogens is 5. The van der Waals surface area contributed by atoms with Crippen LogP contribution in [0.25, 0.3) is 28.1 Å². The lowest BCUT2D eigenvalue weighted by molar-refractivity contribution is 0.0903. The largest absolute Gasteiger partial charge is 0.381 e. The molecule has 6 rings (SSSR count). The Kier molecular flexibility index (Phi) is 5.30. The Balaban J connectivity index is 1.47. The summed E-state index contributed by atoms with van der Waals surface area (Å²) in [5.41, 5.74) is 5.23. The van der Waals surface area contributed by atoms with E-state index in [1.54, 1.807) is 0 Å². The summed E-state index contributed by atoms with van der Waals surface area (Å²) in [4.78, 5) is 17.2. The molecule has 0 atom stereocenters. The minimum absolute atomic E-state index is 0.370. The van der Waals surface area contributed by atoms with E-state index in [2.05, 4.69) is 23.2 Å². The summed E-state index contributed by atoms with van der Waals surface area (Å²) in [5.74, 6) is 1.99. The fourth-order valence-corrected chi connectivity index (χ4v) is 4.83. The normalized spacial score (nSPS) is 17.3. The van der Waals surface area contributed by atoms with Crippen LogP contribution >= 0.6 is 0 Å². The topological polar surface area (TPSA) is 80.5 Å². The molecule has 0 saturated carbocycles. The van der Waals surface area contributed by atoms with Crippen LogP contribution < -0.4 is 10.2 Å². The van der Waals surface area contributed by atoms with Crippen molar-refractivity contribution < 1.29 is 4.74 Å². The number of ether oxygens (including phenoxy) is 1. The predicted molar refractivity (Wildman–Crippen MR) is 130 cm³/mol. The van der Waals surface area contributed by atoms with Gasteiger partial charge in [-0.1, -0.05) is 19.1 Å². The van der Waals surface area contributed by atoms with Crippen LogP contribution in [0.2, 0.25) is 0 Å². The molecule has 170 valence electrons. The van der Waals surface area contributed by atoms with Crippen LogP contribution in [-0.2, 0) is 11.2 Å². The molecule has 33 heavy (non-hydrogen) atoms. The molecular weight excluding hydrogens is 414 g/mol. The highest BCUT2D eigenvalue weighted by molar-refractivity contribution is 5.78. The number of hydrogen-bond donors (Lipinski definition) is 1. The first-order valence-corrected chi connectivity index (χ1v) is 12.0. The fourth-order valence-electron chi connectivity index (χ4n) is 4.83. The molecule has 8 heteroatoms. The van der Waals surface area contributed by atoms with Crippen molar-refractivity contribution in [3.63, 3.8) is 0 Å². The van der Waals surface area contributed by atoms with Crippen molar-refractivity contribution >= 4 is 28.3 Å². The molecule has 0 radical (unpaired) electrons. The van der Waals surface area contributed by atoms with Gasteiger partial charge in [-0.05, 0) is 44.2 Å². The molecule has 0 unspecified atom stereocenters. The molecule has 4 aromatic rings. The van der Waals surface area contributed by atoms with Gasteiger partial charge in [-0.25, -0.2) is 15.0 Å². The number of nitrogens with zero attached hydrogens (tertiary/aromatic N) is 6. The van der Waals surface area contributed by atoms with Gasteiger partial charge in [0, 0.05) is 44.5 Å². The standard InChI is InChI=1S/C25H29N7O/c1-2-18-25(28-20-8-4-3-7-19(20)27-18)21-15-23-29-22(31-11-5-6-12-31)16-24(32(23)30-21)26-17-9-13-33-14-10-17/h3-4,7-8,15-17,26H,2,5-6,9-14H2,1H3. The summed E-state index contributed by atoms with van der Waals surface area (Å²) in [6, 6.07) is 12.6. The number of hydrogen-bond acceptors (Lipinski definition) is 7. The summed E-state index contributed by atoms with van der Waals surface area (Å²) in [5, 5.41) is 8.70. The van der Waals surface area contributed by atoms with Gasteiger partial charge < -0.3 is 15.0 Å². The van der Waals surface area contributed by atoms with Gasteiger partial charge in [-0.15, -0.1) is 0 Å². The van der Waals surface area contributed by atoms with Crippen molar-refractivity contribution in [3.8, 4) is 11.4 Å². The molecule has 1 aromatic carbocycles. The van der Waals surface area contributed by atoms with E-state index in [9.17, 15) is 0 Å². The second-order valence-corrected chi connectivity index (χ2v) is 8.89. The monoisotopic (exact) mass is 443 g/mol. The predicted octanol–water partition coefficient (Wildman–Crippen LogP) is 4.09. The number of rotatable bonds is 5. The second kappa shape index (κ2) is 8.59. The number of aryl methyl sites for hydroxylation is 1. The number of benzene rings is 1. The van der Waals surface area contributed by atoms with Crippen molar-refractivity contribution in [2.75, 3.05) is 36.5 Å². The van der Waals surface area contributed by atoms with Crippen molar-refractivity contribution in [2.24, 2.45) is 0 Å². The molecule has 0 bridgehead atoms. The van der Waals surface area contributed by atoms with E-state index < -0.39 is 0 Å². The van der Waals surface area contributed by atoms with Crippen molar-refractivity contribution in [1.29, 1.82) is 0 Å². The zero-order chi connectivity index (χ0) is 22.2. The highest BCUT2D eigenvalue weighted by atomic mass is 16.5. The summed E-state index contributed by atoms with van der Waals surface area (Å²) < 4.78 is 7.49. The Labute approximate surface area is 193 Å². The maximum atomic E-state index is 5.55. The van der Waals surface area contributed by atoms with Gasteiger partial charge in [0.25, 0.3) is 0 Å². The molecule has 2 fully saturated rings. The van der Waals surface area contributed by atoms with Gasteiger partial charge >= 0.3 is 0 Å². The first-order valence-electron chi connectivity index (χ1n) is 12.0. The van der Waals surface area contributed by atoms with Crippen molar-refractivity contribution in [1.82, 2.24) is 24.6 Å². The molecule has 5 heterocycles. The summed E-state index contributed by atoms with van der Waals surface area (Å²) >= 11 is 0. The number of para-hydroxylation sites is 2. The summed E-state index contributed by atoms with van der Waals surface area (Å²) in [6.45, 7) is 5.80. The van der Waals surface area contributed by atoms with Crippen LogP contribution in [0.15, 0.2) is 36.4 Å². The number of nitrogens with one attached hydrogen (secondary N) is 1. The lowest BCUT2D eigenvalue weighted by Gasteiger charge is -2.25. The zero-order valence-electron chi connectivity index (χ0n) is 19.0. The molecule has 3 aromatic heterocycles. The van der Waals surface area contributed by atoms with Gasteiger partial charge in [-0.3, -0.25) is 0 Å². The minimum Gasteiger partial charge on any atom is -0.381 e. The minimum atomic E-state index is 0.370. The molecule has 2 aliphatic rings. The third-order valence-corrected chi connectivity index (χ3v) is 6.64. The van der Waals surface area contributed by atoms with Crippen LogP contribution in [-0.4, -0.2) is 56.9 Å². The quantitative estimate of drug-likeness (QED) is 0.497. The molecule has 2 aliphatic heterocycles. The average molecular weight is 444 g/mol. The van der Waals surface area contributed by atoms with Gasteiger partial charge in [0.05, 0.1) is 16.7 Å². The first kappa shape index (κ1) is 20.4. The molecule has 0 aliphatic carbocycles. The maximum absolute atomic E-state index is 5.55. The Morgan fingerprint density at radius 1 is 1.00 bits per heavy atom. The molecular formula is C25H29N7O. The van der Waals surface area contributed by atoms with Crippen LogP contribution in [0, 0.1) is 0 Å². The van der Waals surface area contributed by atoms with Crippen LogP contribution in [0.3, 0.4) is 0 Å². The Hall–Kier alpha value is -3.26. The fraction of sp³-hybridized carbons (Fsp3) is 0.440. The Bertz CT molecular complexity index is 1290. The van der Waals surface area contributed by atoms with E-state index >= 15 is 0 Å². The molecule has 0 amide bonds. The molecule has 2 saturated heterocycles. The first-order chi connectivity index (χ1) is 16.3. The van der Waals surface area contributed by atoms with Crippen LogP contribution in [0.4, 0.5) is 11.6 Å². The second-order valence-electron chi connectivity index (χ2n) is 8.89. The smallest absolute Gasteiger partial charge is 0.160 e. The van der Waals surface area contributed by atoms with Crippen molar-refractivity contribution in [3.05, 3.63) is 42.1 Å². The number of anilines is 2. The molecule has 8 nitrogen and oxygen atoms in total. The van der Waals surface area contributed by atoms with Crippen LogP contribution in [0.5, 0.6) is 0 Å². The Morgan fingerprint density at radius 3 is 2.52 bits per heavy atom. The SMILES string of the molecule is CCc1nc2ccccc2nc1-c1cc2nc(N3CCCC3)cc(NC3CCOCC3)n2n1. The number of fused-ring (bicyclic) bond motifs is 2.